The number of benzene rings is 1. The molecule has 0 amide bonds. The largest absolute Gasteiger partial charge is 0.389 e. The van der Waals surface area contributed by atoms with E-state index in [9.17, 15) is 5.11 Å². The third kappa shape index (κ3) is 2.91. The lowest BCUT2D eigenvalue weighted by Crippen LogP contribution is -2.39. The molecule has 0 spiro atoms. The minimum absolute atomic E-state index is 0.120. The van der Waals surface area contributed by atoms with Gasteiger partial charge in [0.25, 0.3) is 0 Å². The van der Waals surface area contributed by atoms with E-state index in [2.05, 4.69) is 30.4 Å². The zero-order chi connectivity index (χ0) is 13.2. The molecule has 1 aliphatic rings. The summed E-state index contributed by atoms with van der Waals surface area (Å²) < 4.78 is 0. The first-order valence-corrected chi connectivity index (χ1v) is 6.83. The van der Waals surface area contributed by atoms with Crippen LogP contribution in [-0.4, -0.2) is 17.3 Å². The number of rotatable bonds is 5. The average Bonchev–Trinajstić information content (AvgIpc) is 2.65. The van der Waals surface area contributed by atoms with Crippen LogP contribution >= 0.6 is 0 Å². The predicted molar refractivity (Wildman–Crippen MR) is 74.3 cm³/mol. The fourth-order valence-electron chi connectivity index (χ4n) is 2.84. The lowest BCUT2D eigenvalue weighted by atomic mass is 9.99. The average molecular weight is 248 g/mol. The molecule has 0 aromatic heterocycles. The lowest BCUT2D eigenvalue weighted by molar-refractivity contribution is 0.0470. The zero-order valence-electron chi connectivity index (χ0n) is 11.3. The van der Waals surface area contributed by atoms with E-state index in [4.69, 9.17) is 5.73 Å². The van der Waals surface area contributed by atoms with Gasteiger partial charge in [-0.3, -0.25) is 0 Å². The van der Waals surface area contributed by atoms with E-state index < -0.39 is 5.60 Å². The highest BCUT2D eigenvalue weighted by Crippen LogP contribution is 2.37. The van der Waals surface area contributed by atoms with Gasteiger partial charge in [-0.25, -0.2) is 0 Å². The number of hydrogen-bond acceptors (Lipinski definition) is 3. The summed E-state index contributed by atoms with van der Waals surface area (Å²) >= 11 is 0. The molecule has 100 valence electrons. The van der Waals surface area contributed by atoms with Crippen LogP contribution in [0.4, 0.5) is 0 Å². The second kappa shape index (κ2) is 5.39. The molecule has 2 rings (SSSR count). The summed E-state index contributed by atoms with van der Waals surface area (Å²) in [6.45, 7) is 4.60. The van der Waals surface area contributed by atoms with Crippen LogP contribution in [-0.2, 0) is 0 Å². The van der Waals surface area contributed by atoms with Crippen LogP contribution in [0.25, 0.3) is 0 Å². The Morgan fingerprint density at radius 3 is 2.72 bits per heavy atom. The second-order valence-corrected chi connectivity index (χ2v) is 5.65. The minimum Gasteiger partial charge on any atom is -0.389 e. The van der Waals surface area contributed by atoms with Crippen molar-refractivity contribution in [3.05, 3.63) is 35.4 Å². The Hall–Kier alpha value is -0.900. The first kappa shape index (κ1) is 13.5. The van der Waals surface area contributed by atoms with Crippen LogP contribution in [0.2, 0.25) is 0 Å². The summed E-state index contributed by atoms with van der Waals surface area (Å²) in [5.74, 6) is 0. The minimum atomic E-state index is -0.629. The molecule has 1 aromatic carbocycles. The van der Waals surface area contributed by atoms with Crippen LogP contribution in [0, 0.1) is 0 Å². The maximum Gasteiger partial charge on any atom is 0.0743 e. The molecule has 1 aliphatic carbocycles. The maximum absolute atomic E-state index is 10.2. The Bertz CT molecular complexity index is 403. The smallest absolute Gasteiger partial charge is 0.0743 e. The van der Waals surface area contributed by atoms with E-state index in [-0.39, 0.29) is 12.1 Å². The standard InChI is InChI=1S/C15H24N2O/c1-3-8-15(2,18)10-17-14-9-13(16)11-6-4-5-7-12(11)14/h4-7,13-14,17-18H,3,8-10,16H2,1-2H3. The Morgan fingerprint density at radius 1 is 1.39 bits per heavy atom. The highest BCUT2D eigenvalue weighted by atomic mass is 16.3. The van der Waals surface area contributed by atoms with E-state index in [0.717, 1.165) is 19.3 Å². The van der Waals surface area contributed by atoms with Crippen molar-refractivity contribution < 1.29 is 5.11 Å². The van der Waals surface area contributed by atoms with Gasteiger partial charge in [0.05, 0.1) is 5.60 Å². The molecule has 3 heteroatoms. The van der Waals surface area contributed by atoms with Crippen molar-refractivity contribution in [2.75, 3.05) is 6.54 Å². The molecule has 1 aromatic rings. The quantitative estimate of drug-likeness (QED) is 0.749. The van der Waals surface area contributed by atoms with Gasteiger partial charge < -0.3 is 16.2 Å². The molecule has 0 aliphatic heterocycles. The normalized spacial score (nSPS) is 25.8. The van der Waals surface area contributed by atoms with Gasteiger partial charge in [-0.15, -0.1) is 0 Å². The molecule has 0 fully saturated rings. The van der Waals surface area contributed by atoms with Gasteiger partial charge in [0.1, 0.15) is 0 Å². The van der Waals surface area contributed by atoms with Crippen LogP contribution < -0.4 is 11.1 Å². The van der Waals surface area contributed by atoms with Crippen molar-refractivity contribution in [1.29, 1.82) is 0 Å². The molecular formula is C15H24N2O. The molecule has 3 nitrogen and oxygen atoms in total. The molecule has 0 saturated carbocycles. The van der Waals surface area contributed by atoms with Gasteiger partial charge in [0.15, 0.2) is 0 Å². The Kier molecular flexibility index (Phi) is 4.05. The summed E-state index contributed by atoms with van der Waals surface area (Å²) in [6.07, 6.45) is 2.73. The fourth-order valence-corrected chi connectivity index (χ4v) is 2.84. The molecule has 3 unspecified atom stereocenters. The number of aliphatic hydroxyl groups is 1. The van der Waals surface area contributed by atoms with Crippen molar-refractivity contribution in [3.63, 3.8) is 0 Å². The summed E-state index contributed by atoms with van der Waals surface area (Å²) in [6, 6.07) is 8.72. The molecule has 0 saturated heterocycles. The third-order valence-electron chi connectivity index (χ3n) is 3.78. The SMILES string of the molecule is CCCC(C)(O)CNC1CC(N)c2ccccc21. The summed E-state index contributed by atoms with van der Waals surface area (Å²) in [5.41, 5.74) is 8.03. The highest BCUT2D eigenvalue weighted by molar-refractivity contribution is 5.37. The Labute approximate surface area is 109 Å². The monoisotopic (exact) mass is 248 g/mol. The third-order valence-corrected chi connectivity index (χ3v) is 3.78. The van der Waals surface area contributed by atoms with Gasteiger partial charge in [-0.2, -0.15) is 0 Å². The summed E-state index contributed by atoms with van der Waals surface area (Å²) in [5, 5.41) is 13.7. The van der Waals surface area contributed by atoms with Crippen molar-refractivity contribution >= 4 is 0 Å². The van der Waals surface area contributed by atoms with Gasteiger partial charge in [0, 0.05) is 18.6 Å². The Balaban J connectivity index is 2.00. The molecule has 3 atom stereocenters. The zero-order valence-corrected chi connectivity index (χ0v) is 11.3. The molecule has 18 heavy (non-hydrogen) atoms. The van der Waals surface area contributed by atoms with E-state index in [1.807, 2.05) is 13.0 Å². The summed E-state index contributed by atoms with van der Waals surface area (Å²) in [7, 11) is 0. The number of hydrogen-bond donors (Lipinski definition) is 3. The Morgan fingerprint density at radius 2 is 2.06 bits per heavy atom. The van der Waals surface area contributed by atoms with Crippen molar-refractivity contribution in [3.8, 4) is 0 Å². The second-order valence-electron chi connectivity index (χ2n) is 5.65. The van der Waals surface area contributed by atoms with Crippen LogP contribution in [0.1, 0.15) is 56.3 Å². The molecule has 4 N–H and O–H groups in total. The molecule has 0 heterocycles. The van der Waals surface area contributed by atoms with E-state index in [0.29, 0.717) is 6.54 Å². The van der Waals surface area contributed by atoms with Gasteiger partial charge >= 0.3 is 0 Å². The lowest BCUT2D eigenvalue weighted by Gasteiger charge is -2.25. The van der Waals surface area contributed by atoms with Crippen molar-refractivity contribution in [2.45, 2.75) is 50.8 Å². The number of fused-ring (bicyclic) bond motifs is 1. The molecular weight excluding hydrogens is 224 g/mol. The summed E-state index contributed by atoms with van der Waals surface area (Å²) in [4.78, 5) is 0. The molecule has 0 bridgehead atoms. The first-order valence-electron chi connectivity index (χ1n) is 6.83. The predicted octanol–water partition coefficient (Wildman–Crippen LogP) is 2.27. The molecule has 0 radical (unpaired) electrons. The number of nitrogens with one attached hydrogen (secondary N) is 1. The van der Waals surface area contributed by atoms with E-state index >= 15 is 0 Å². The highest BCUT2D eigenvalue weighted by Gasteiger charge is 2.29. The van der Waals surface area contributed by atoms with E-state index in [1.165, 1.54) is 11.1 Å². The first-order chi connectivity index (χ1) is 8.53. The van der Waals surface area contributed by atoms with Crippen molar-refractivity contribution in [1.82, 2.24) is 5.32 Å². The van der Waals surface area contributed by atoms with Crippen LogP contribution in [0.5, 0.6) is 0 Å². The van der Waals surface area contributed by atoms with Gasteiger partial charge in [-0.1, -0.05) is 37.6 Å². The topological polar surface area (TPSA) is 58.3 Å². The maximum atomic E-state index is 10.2. The van der Waals surface area contributed by atoms with Crippen LogP contribution in [0.15, 0.2) is 24.3 Å². The van der Waals surface area contributed by atoms with Gasteiger partial charge in [0.2, 0.25) is 0 Å². The van der Waals surface area contributed by atoms with Crippen molar-refractivity contribution in [2.24, 2.45) is 5.73 Å². The fraction of sp³-hybridized carbons (Fsp3) is 0.600. The number of nitrogens with two attached hydrogens (primary N) is 1. The van der Waals surface area contributed by atoms with Crippen LogP contribution in [0.3, 0.4) is 0 Å². The van der Waals surface area contributed by atoms with Gasteiger partial charge in [-0.05, 0) is 30.9 Å². The van der Waals surface area contributed by atoms with E-state index in [1.54, 1.807) is 0 Å².